The normalized spacial score (nSPS) is 19.8. The maximum absolute atomic E-state index is 12.7. The third-order valence-corrected chi connectivity index (χ3v) is 8.27. The van der Waals surface area contributed by atoms with Gasteiger partial charge < -0.3 is 21.3 Å². The van der Waals surface area contributed by atoms with Crippen molar-refractivity contribution in [1.82, 2.24) is 10.6 Å². The zero-order chi connectivity index (χ0) is 18.7. The minimum absolute atomic E-state index is 0.0258. The van der Waals surface area contributed by atoms with E-state index >= 15 is 0 Å². The van der Waals surface area contributed by atoms with Crippen molar-refractivity contribution < 1.29 is 9.59 Å². The Kier molecular flexibility index (Phi) is 3.96. The molecule has 0 radical (unpaired) electrons. The van der Waals surface area contributed by atoms with Crippen LogP contribution in [0.5, 0.6) is 0 Å². The molecule has 4 rings (SSSR count). The quantitative estimate of drug-likeness (QED) is 0.625. The van der Waals surface area contributed by atoms with Crippen molar-refractivity contribution in [2.45, 2.75) is 64.7 Å². The number of hydrogen-bond acceptors (Lipinski definition) is 6. The van der Waals surface area contributed by atoms with Gasteiger partial charge in [0.15, 0.2) is 0 Å². The first-order valence-electron chi connectivity index (χ1n) is 9.22. The summed E-state index contributed by atoms with van der Waals surface area (Å²) in [4.78, 5) is 26.9. The predicted octanol–water partition coefficient (Wildman–Crippen LogP) is 4.31. The van der Waals surface area contributed by atoms with Gasteiger partial charge in [0.25, 0.3) is 11.8 Å². The average molecular weight is 393 g/mol. The topological polar surface area (TPSA) is 82.3 Å². The van der Waals surface area contributed by atoms with Gasteiger partial charge in [0.05, 0.1) is 20.8 Å². The van der Waals surface area contributed by atoms with E-state index in [4.69, 9.17) is 0 Å². The van der Waals surface area contributed by atoms with Crippen molar-refractivity contribution in [2.24, 2.45) is 0 Å². The first-order valence-corrected chi connectivity index (χ1v) is 10.9. The van der Waals surface area contributed by atoms with Crippen LogP contribution >= 0.6 is 22.7 Å². The van der Waals surface area contributed by atoms with Gasteiger partial charge in [0, 0.05) is 0 Å². The zero-order valence-corrected chi connectivity index (χ0v) is 17.1. The van der Waals surface area contributed by atoms with Gasteiger partial charge in [-0.05, 0) is 25.7 Å². The minimum atomic E-state index is -0.434. The zero-order valence-electron chi connectivity index (χ0n) is 15.5. The number of rotatable bonds is 4. The van der Waals surface area contributed by atoms with Crippen molar-refractivity contribution in [3.63, 3.8) is 0 Å². The molecule has 8 heteroatoms. The van der Waals surface area contributed by atoms with Crippen LogP contribution in [-0.2, 0) is 0 Å². The number of carbonyl (C=O) groups excluding carboxylic acids is 2. The highest BCUT2D eigenvalue weighted by atomic mass is 32.2. The highest BCUT2D eigenvalue weighted by molar-refractivity contribution is 7.40. The van der Waals surface area contributed by atoms with Crippen LogP contribution in [0, 0.1) is 0 Å². The second-order valence-electron chi connectivity index (χ2n) is 7.01. The molecule has 6 nitrogen and oxygen atoms in total. The van der Waals surface area contributed by atoms with Crippen LogP contribution in [0.4, 0.5) is 11.4 Å². The molecule has 2 aromatic rings. The van der Waals surface area contributed by atoms with Gasteiger partial charge in [-0.15, -0.1) is 22.7 Å². The first kappa shape index (κ1) is 17.6. The number of fused-ring (bicyclic) bond motifs is 5. The van der Waals surface area contributed by atoms with Gasteiger partial charge in [-0.25, -0.2) is 0 Å². The van der Waals surface area contributed by atoms with E-state index in [1.165, 1.54) is 22.7 Å². The Hall–Kier alpha value is -1.80. The molecule has 4 heterocycles. The van der Waals surface area contributed by atoms with Crippen LogP contribution in [-0.4, -0.2) is 23.1 Å². The lowest BCUT2D eigenvalue weighted by atomic mass is 9.97. The smallest absolute Gasteiger partial charge is 0.265 e. The van der Waals surface area contributed by atoms with E-state index in [-0.39, 0.29) is 11.8 Å². The summed E-state index contributed by atoms with van der Waals surface area (Å²) in [6.07, 6.45) is 3.17. The second-order valence-corrected chi connectivity index (χ2v) is 9.31. The number of carbonyl (C=O) groups is 2. The largest absolute Gasteiger partial charge is 0.361 e. The molecule has 0 unspecified atom stereocenters. The monoisotopic (exact) mass is 392 g/mol. The Morgan fingerprint density at radius 3 is 1.42 bits per heavy atom. The van der Waals surface area contributed by atoms with Crippen molar-refractivity contribution >= 4 is 55.3 Å². The van der Waals surface area contributed by atoms with Gasteiger partial charge in [-0.2, -0.15) is 0 Å². The molecule has 2 amide bonds. The summed E-state index contributed by atoms with van der Waals surface area (Å²) >= 11 is 2.93. The van der Waals surface area contributed by atoms with Gasteiger partial charge in [0.2, 0.25) is 0 Å². The molecule has 0 spiro atoms. The lowest BCUT2D eigenvalue weighted by Crippen LogP contribution is -2.57. The Morgan fingerprint density at radius 1 is 0.692 bits per heavy atom. The third-order valence-electron chi connectivity index (χ3n) is 5.81. The molecule has 0 saturated carbocycles. The van der Waals surface area contributed by atoms with Crippen LogP contribution in [0.3, 0.4) is 0 Å². The van der Waals surface area contributed by atoms with Gasteiger partial charge in [-0.1, -0.05) is 27.7 Å². The summed E-state index contributed by atoms with van der Waals surface area (Å²) in [5.41, 5.74) is 0.879. The number of amides is 2. The van der Waals surface area contributed by atoms with Crippen molar-refractivity contribution in [3.05, 3.63) is 9.75 Å². The molecule has 2 aliphatic rings. The van der Waals surface area contributed by atoms with Crippen LogP contribution in [0.25, 0.3) is 9.40 Å². The number of thiophene rings is 2. The summed E-state index contributed by atoms with van der Waals surface area (Å²) < 4.78 is 1.01. The van der Waals surface area contributed by atoms with Crippen LogP contribution < -0.4 is 21.3 Å². The highest BCUT2D eigenvalue weighted by Crippen LogP contribution is 2.51. The molecule has 4 N–H and O–H groups in total. The first-order chi connectivity index (χ1) is 12.4. The standard InChI is InChI=1S/C18H24N4O2S2/c1-5-17(6-2)19-10-9-11-13(15(24)22-18(7-3,8-4)20-11)26-16(9)25-12(10)14(23)21-17/h19-20H,5-8H2,1-4H3,(H,21,23)(H,22,24). The third kappa shape index (κ3) is 2.28. The molecule has 0 fully saturated rings. The fourth-order valence-electron chi connectivity index (χ4n) is 3.82. The Bertz CT molecular complexity index is 837. The van der Waals surface area contributed by atoms with Gasteiger partial charge >= 0.3 is 0 Å². The molecule has 0 aromatic carbocycles. The Balaban J connectivity index is 1.92. The maximum atomic E-state index is 12.7. The van der Waals surface area contributed by atoms with Crippen molar-refractivity contribution in [1.29, 1.82) is 0 Å². The summed E-state index contributed by atoms with van der Waals surface area (Å²) in [5.74, 6) is -0.0517. The Labute approximate surface area is 160 Å². The van der Waals surface area contributed by atoms with Gasteiger partial charge in [0.1, 0.15) is 21.1 Å². The Morgan fingerprint density at radius 2 is 1.08 bits per heavy atom. The molecule has 0 atom stereocenters. The molecule has 2 aromatic heterocycles. The van der Waals surface area contributed by atoms with E-state index in [0.29, 0.717) is 9.75 Å². The summed E-state index contributed by atoms with van der Waals surface area (Å²) in [6.45, 7) is 8.28. The molecule has 26 heavy (non-hydrogen) atoms. The molecular formula is C18H24N4O2S2. The fraction of sp³-hybridized carbons (Fsp3) is 0.556. The molecule has 0 aliphatic carbocycles. The maximum Gasteiger partial charge on any atom is 0.265 e. The lowest BCUT2D eigenvalue weighted by Gasteiger charge is -2.40. The van der Waals surface area contributed by atoms with Crippen molar-refractivity contribution in [2.75, 3.05) is 10.6 Å². The number of nitrogens with one attached hydrogen (secondary N) is 4. The minimum Gasteiger partial charge on any atom is -0.361 e. The number of hydrogen-bond donors (Lipinski definition) is 4. The summed E-state index contributed by atoms with van der Waals surface area (Å²) in [7, 11) is 0. The second kappa shape index (κ2) is 5.85. The van der Waals surface area contributed by atoms with E-state index in [1.807, 2.05) is 0 Å². The van der Waals surface area contributed by atoms with E-state index < -0.39 is 11.3 Å². The fourth-order valence-corrected chi connectivity index (χ4v) is 6.27. The van der Waals surface area contributed by atoms with E-state index in [9.17, 15) is 9.59 Å². The van der Waals surface area contributed by atoms with Crippen LogP contribution in [0.15, 0.2) is 0 Å². The van der Waals surface area contributed by atoms with E-state index in [2.05, 4.69) is 49.0 Å². The molecular weight excluding hydrogens is 368 g/mol. The SMILES string of the molecule is CCC1(CC)NC(=O)c2sc3sc4c(c3c2N1)NC(CC)(CC)NC4=O. The van der Waals surface area contributed by atoms with E-state index in [0.717, 1.165) is 46.5 Å². The lowest BCUT2D eigenvalue weighted by molar-refractivity contribution is 0.0892. The van der Waals surface area contributed by atoms with Gasteiger partial charge in [-0.3, -0.25) is 9.59 Å². The van der Waals surface area contributed by atoms with Crippen LogP contribution in [0.2, 0.25) is 0 Å². The molecule has 2 aliphatic heterocycles. The summed E-state index contributed by atoms with van der Waals surface area (Å²) in [6, 6.07) is 0. The van der Waals surface area contributed by atoms with Crippen LogP contribution in [0.1, 0.15) is 72.7 Å². The predicted molar refractivity (Wildman–Crippen MR) is 109 cm³/mol. The number of anilines is 2. The highest BCUT2D eigenvalue weighted by Gasteiger charge is 2.42. The average Bonchev–Trinajstić information content (AvgIpc) is 3.18. The van der Waals surface area contributed by atoms with E-state index in [1.54, 1.807) is 0 Å². The molecule has 140 valence electrons. The molecule has 0 saturated heterocycles. The summed E-state index contributed by atoms with van der Waals surface area (Å²) in [5, 5.41) is 14.4. The molecule has 0 bridgehead atoms. The van der Waals surface area contributed by atoms with Crippen molar-refractivity contribution in [3.8, 4) is 0 Å².